The predicted octanol–water partition coefficient (Wildman–Crippen LogP) is 1.88. The van der Waals surface area contributed by atoms with Crippen LogP contribution in [0.4, 0.5) is 5.69 Å². The smallest absolute Gasteiger partial charge is 0.228 e. The number of carbonyl (C=O) groups excluding carboxylic acids is 1. The van der Waals surface area contributed by atoms with Crippen molar-refractivity contribution in [3.05, 3.63) is 30.3 Å². The Hall–Kier alpha value is -1.39. The zero-order valence-electron chi connectivity index (χ0n) is 11.7. The predicted molar refractivity (Wildman–Crippen MR) is 75.4 cm³/mol. The largest absolute Gasteiger partial charge is 0.310 e. The third kappa shape index (κ3) is 4.47. The molecule has 0 heterocycles. The topological polar surface area (TPSA) is 35.6 Å². The molecule has 1 amide bonds. The SMILES string of the molecule is CC(C)N(C(=O)CCNN(C)C)c1ccccc1. The zero-order chi connectivity index (χ0) is 13.5. The Kier molecular flexibility index (Phi) is 5.82. The molecule has 1 N–H and O–H groups in total. The number of hydrogen-bond donors (Lipinski definition) is 1. The molecule has 0 bridgehead atoms. The summed E-state index contributed by atoms with van der Waals surface area (Å²) in [6, 6.07) is 9.97. The van der Waals surface area contributed by atoms with Gasteiger partial charge in [0.05, 0.1) is 0 Å². The van der Waals surface area contributed by atoms with Gasteiger partial charge in [0.25, 0.3) is 0 Å². The molecular weight excluding hydrogens is 226 g/mol. The molecule has 0 saturated carbocycles. The summed E-state index contributed by atoms with van der Waals surface area (Å²) in [7, 11) is 3.84. The maximum Gasteiger partial charge on any atom is 0.228 e. The molecule has 0 aliphatic carbocycles. The van der Waals surface area contributed by atoms with E-state index >= 15 is 0 Å². The van der Waals surface area contributed by atoms with Crippen molar-refractivity contribution in [2.24, 2.45) is 0 Å². The minimum absolute atomic E-state index is 0.144. The third-order valence-corrected chi connectivity index (χ3v) is 2.59. The minimum Gasteiger partial charge on any atom is -0.310 e. The molecule has 4 heteroatoms. The van der Waals surface area contributed by atoms with Gasteiger partial charge in [-0.15, -0.1) is 0 Å². The highest BCUT2D eigenvalue weighted by Crippen LogP contribution is 2.17. The van der Waals surface area contributed by atoms with Crippen LogP contribution in [0.3, 0.4) is 0 Å². The lowest BCUT2D eigenvalue weighted by Gasteiger charge is -2.27. The minimum atomic E-state index is 0.144. The summed E-state index contributed by atoms with van der Waals surface area (Å²) in [5, 5.41) is 1.86. The van der Waals surface area contributed by atoms with E-state index in [1.54, 1.807) is 0 Å². The average molecular weight is 249 g/mol. The van der Waals surface area contributed by atoms with Crippen LogP contribution >= 0.6 is 0 Å². The Morgan fingerprint density at radius 3 is 2.33 bits per heavy atom. The third-order valence-electron chi connectivity index (χ3n) is 2.59. The van der Waals surface area contributed by atoms with Gasteiger partial charge in [-0.25, -0.2) is 0 Å². The van der Waals surface area contributed by atoms with E-state index in [9.17, 15) is 4.79 Å². The number of hydrogen-bond acceptors (Lipinski definition) is 3. The van der Waals surface area contributed by atoms with Gasteiger partial charge in [-0.05, 0) is 26.0 Å². The van der Waals surface area contributed by atoms with E-state index in [4.69, 9.17) is 0 Å². The maximum absolute atomic E-state index is 12.2. The fourth-order valence-corrected chi connectivity index (χ4v) is 1.83. The molecule has 1 aromatic carbocycles. The number of hydrazine groups is 1. The number of amides is 1. The number of para-hydroxylation sites is 1. The van der Waals surface area contributed by atoms with Crippen molar-refractivity contribution in [2.75, 3.05) is 25.5 Å². The summed E-state index contributed by atoms with van der Waals surface area (Å²) >= 11 is 0. The highest BCUT2D eigenvalue weighted by atomic mass is 16.2. The second-order valence-electron chi connectivity index (χ2n) is 4.75. The van der Waals surface area contributed by atoms with Crippen LogP contribution in [0.2, 0.25) is 0 Å². The van der Waals surface area contributed by atoms with Gasteiger partial charge in [-0.1, -0.05) is 18.2 Å². The molecule has 1 rings (SSSR count). The second-order valence-corrected chi connectivity index (χ2v) is 4.75. The van der Waals surface area contributed by atoms with Crippen molar-refractivity contribution in [3.63, 3.8) is 0 Å². The molecule has 100 valence electrons. The molecule has 4 nitrogen and oxygen atoms in total. The van der Waals surface area contributed by atoms with E-state index in [-0.39, 0.29) is 11.9 Å². The summed E-state index contributed by atoms with van der Waals surface area (Å²) in [4.78, 5) is 14.1. The van der Waals surface area contributed by atoms with Gasteiger partial charge >= 0.3 is 0 Å². The van der Waals surface area contributed by atoms with Crippen LogP contribution in [0.1, 0.15) is 20.3 Å². The molecule has 1 aromatic rings. The van der Waals surface area contributed by atoms with Crippen molar-refractivity contribution in [1.82, 2.24) is 10.4 Å². The molecule has 0 fully saturated rings. The van der Waals surface area contributed by atoms with Gasteiger partial charge in [0.1, 0.15) is 0 Å². The first-order chi connectivity index (χ1) is 8.52. The van der Waals surface area contributed by atoms with E-state index in [1.807, 2.05) is 68.2 Å². The summed E-state index contributed by atoms with van der Waals surface area (Å²) in [6.45, 7) is 4.72. The van der Waals surface area contributed by atoms with Gasteiger partial charge in [0.15, 0.2) is 0 Å². The van der Waals surface area contributed by atoms with Gasteiger partial charge in [-0.3, -0.25) is 15.2 Å². The van der Waals surface area contributed by atoms with Crippen LogP contribution in [0.15, 0.2) is 30.3 Å². The molecule has 0 aromatic heterocycles. The van der Waals surface area contributed by atoms with E-state index in [0.717, 1.165) is 5.69 Å². The normalized spacial score (nSPS) is 11.0. The Balaban J connectivity index is 2.65. The van der Waals surface area contributed by atoms with Crippen LogP contribution in [-0.2, 0) is 4.79 Å². The van der Waals surface area contributed by atoms with Crippen LogP contribution in [0.25, 0.3) is 0 Å². The quantitative estimate of drug-likeness (QED) is 0.782. The molecule has 0 aliphatic rings. The standard InChI is InChI=1S/C14H23N3O/c1-12(2)17(13-8-6-5-7-9-13)14(18)10-11-15-16(3)4/h5-9,12,15H,10-11H2,1-4H3. The van der Waals surface area contributed by atoms with Gasteiger partial charge in [0.2, 0.25) is 5.91 Å². The zero-order valence-corrected chi connectivity index (χ0v) is 11.7. The lowest BCUT2D eigenvalue weighted by atomic mass is 10.2. The Bertz CT molecular complexity index is 363. The number of benzene rings is 1. The molecular formula is C14H23N3O. The fourth-order valence-electron chi connectivity index (χ4n) is 1.83. The lowest BCUT2D eigenvalue weighted by molar-refractivity contribution is -0.119. The lowest BCUT2D eigenvalue weighted by Crippen LogP contribution is -2.40. The highest BCUT2D eigenvalue weighted by molar-refractivity contribution is 5.93. The van der Waals surface area contributed by atoms with Crippen molar-refractivity contribution in [1.29, 1.82) is 0 Å². The first-order valence-corrected chi connectivity index (χ1v) is 6.30. The monoisotopic (exact) mass is 249 g/mol. The number of anilines is 1. The maximum atomic E-state index is 12.2. The fraction of sp³-hybridized carbons (Fsp3) is 0.500. The second kappa shape index (κ2) is 7.13. The molecule has 0 aliphatic heterocycles. The number of rotatable bonds is 6. The molecule has 0 unspecified atom stereocenters. The van der Waals surface area contributed by atoms with Gasteiger partial charge in [-0.2, -0.15) is 0 Å². The van der Waals surface area contributed by atoms with E-state index in [2.05, 4.69) is 5.43 Å². The number of nitrogens with one attached hydrogen (secondary N) is 1. The van der Waals surface area contributed by atoms with Gasteiger partial charge in [0, 0.05) is 38.8 Å². The van der Waals surface area contributed by atoms with Crippen LogP contribution < -0.4 is 10.3 Å². The van der Waals surface area contributed by atoms with Gasteiger partial charge < -0.3 is 4.90 Å². The van der Waals surface area contributed by atoms with Crippen molar-refractivity contribution in [3.8, 4) is 0 Å². The molecule has 0 saturated heterocycles. The van der Waals surface area contributed by atoms with E-state index in [0.29, 0.717) is 13.0 Å². The Labute approximate surface area is 110 Å². The molecule has 18 heavy (non-hydrogen) atoms. The van der Waals surface area contributed by atoms with Crippen molar-refractivity contribution >= 4 is 11.6 Å². The molecule has 0 spiro atoms. The first-order valence-electron chi connectivity index (χ1n) is 6.30. The van der Waals surface area contributed by atoms with Crippen molar-refractivity contribution in [2.45, 2.75) is 26.3 Å². The number of carbonyl (C=O) groups is 1. The molecule has 0 atom stereocenters. The Morgan fingerprint density at radius 2 is 1.83 bits per heavy atom. The molecule has 0 radical (unpaired) electrons. The van der Waals surface area contributed by atoms with Crippen LogP contribution in [-0.4, -0.2) is 37.6 Å². The van der Waals surface area contributed by atoms with E-state index < -0.39 is 0 Å². The summed E-state index contributed by atoms with van der Waals surface area (Å²) in [5.41, 5.74) is 4.07. The van der Waals surface area contributed by atoms with Crippen LogP contribution in [0, 0.1) is 0 Å². The number of nitrogens with zero attached hydrogens (tertiary/aromatic N) is 2. The summed E-state index contributed by atoms with van der Waals surface area (Å²) < 4.78 is 0. The Morgan fingerprint density at radius 1 is 1.22 bits per heavy atom. The first kappa shape index (κ1) is 14.7. The average Bonchev–Trinajstić information content (AvgIpc) is 2.29. The summed E-state index contributed by atoms with van der Waals surface area (Å²) in [5.74, 6) is 0.144. The highest BCUT2D eigenvalue weighted by Gasteiger charge is 2.18. The van der Waals surface area contributed by atoms with E-state index in [1.165, 1.54) is 0 Å². The van der Waals surface area contributed by atoms with Crippen molar-refractivity contribution < 1.29 is 4.79 Å². The summed E-state index contributed by atoms with van der Waals surface area (Å²) in [6.07, 6.45) is 0.491. The van der Waals surface area contributed by atoms with Crippen LogP contribution in [0.5, 0.6) is 0 Å².